The standard InChI is InChI=1S/C21H18O/c1-13(2)15-8-5-9-18-17(15)10-11-19-16-7-4-3-6-14(16)12-20(22)21(18)19/h3-13,22H,1-2H3. The van der Waals surface area contributed by atoms with Gasteiger partial charge in [-0.2, -0.15) is 0 Å². The van der Waals surface area contributed by atoms with Crippen LogP contribution in [0.4, 0.5) is 0 Å². The Kier molecular flexibility index (Phi) is 2.83. The summed E-state index contributed by atoms with van der Waals surface area (Å²) in [6.07, 6.45) is 0. The lowest BCUT2D eigenvalue weighted by atomic mass is 9.91. The molecule has 4 rings (SSSR count). The van der Waals surface area contributed by atoms with Crippen LogP contribution in [-0.2, 0) is 0 Å². The number of hydrogen-bond acceptors (Lipinski definition) is 1. The van der Waals surface area contributed by atoms with Crippen molar-refractivity contribution in [1.29, 1.82) is 0 Å². The van der Waals surface area contributed by atoms with Crippen molar-refractivity contribution in [2.24, 2.45) is 0 Å². The SMILES string of the molecule is CC(C)c1cccc2c1ccc1c3ccccc3cc(O)c21. The van der Waals surface area contributed by atoms with Crippen LogP contribution in [0.15, 0.2) is 60.7 Å². The van der Waals surface area contributed by atoms with Crippen LogP contribution in [0.3, 0.4) is 0 Å². The minimum absolute atomic E-state index is 0.361. The molecule has 0 amide bonds. The molecule has 22 heavy (non-hydrogen) atoms. The molecule has 0 aliphatic carbocycles. The first-order valence-electron chi connectivity index (χ1n) is 7.73. The van der Waals surface area contributed by atoms with E-state index in [2.05, 4.69) is 50.2 Å². The number of hydrogen-bond donors (Lipinski definition) is 1. The number of aromatic hydroxyl groups is 1. The Bertz CT molecular complexity index is 1010. The zero-order chi connectivity index (χ0) is 15.3. The van der Waals surface area contributed by atoms with Gasteiger partial charge in [0.15, 0.2) is 0 Å². The Morgan fingerprint density at radius 2 is 1.41 bits per heavy atom. The fourth-order valence-corrected chi connectivity index (χ4v) is 3.47. The fraction of sp³-hybridized carbons (Fsp3) is 0.143. The van der Waals surface area contributed by atoms with E-state index in [0.29, 0.717) is 11.7 Å². The molecular weight excluding hydrogens is 268 g/mol. The number of fused-ring (bicyclic) bond motifs is 5. The van der Waals surface area contributed by atoms with Gasteiger partial charge in [0.2, 0.25) is 0 Å². The molecule has 0 heterocycles. The van der Waals surface area contributed by atoms with Gasteiger partial charge in [-0.05, 0) is 44.5 Å². The average molecular weight is 286 g/mol. The lowest BCUT2D eigenvalue weighted by Gasteiger charge is -2.14. The van der Waals surface area contributed by atoms with Crippen molar-refractivity contribution in [1.82, 2.24) is 0 Å². The molecule has 1 nitrogen and oxygen atoms in total. The van der Waals surface area contributed by atoms with Gasteiger partial charge in [0, 0.05) is 5.39 Å². The summed E-state index contributed by atoms with van der Waals surface area (Å²) in [6.45, 7) is 4.42. The quantitative estimate of drug-likeness (QED) is 0.427. The Labute approximate surface area is 129 Å². The molecule has 1 N–H and O–H groups in total. The maximum Gasteiger partial charge on any atom is 0.124 e. The van der Waals surface area contributed by atoms with E-state index in [9.17, 15) is 5.11 Å². The van der Waals surface area contributed by atoms with E-state index in [-0.39, 0.29) is 0 Å². The molecule has 0 bridgehead atoms. The fourth-order valence-electron chi connectivity index (χ4n) is 3.47. The van der Waals surface area contributed by atoms with Crippen LogP contribution in [0.1, 0.15) is 25.3 Å². The van der Waals surface area contributed by atoms with Crippen LogP contribution in [0.5, 0.6) is 5.75 Å². The molecule has 4 aromatic carbocycles. The van der Waals surface area contributed by atoms with Crippen LogP contribution in [0.25, 0.3) is 32.3 Å². The van der Waals surface area contributed by atoms with Crippen molar-refractivity contribution >= 4 is 32.3 Å². The summed E-state index contributed by atoms with van der Waals surface area (Å²) in [4.78, 5) is 0. The van der Waals surface area contributed by atoms with Crippen LogP contribution in [-0.4, -0.2) is 5.11 Å². The monoisotopic (exact) mass is 286 g/mol. The van der Waals surface area contributed by atoms with E-state index >= 15 is 0 Å². The topological polar surface area (TPSA) is 20.2 Å². The maximum atomic E-state index is 10.6. The lowest BCUT2D eigenvalue weighted by Crippen LogP contribution is -1.90. The highest BCUT2D eigenvalue weighted by Crippen LogP contribution is 2.39. The van der Waals surface area contributed by atoms with Crippen molar-refractivity contribution in [3.05, 3.63) is 66.2 Å². The second-order valence-corrected chi connectivity index (χ2v) is 6.20. The molecule has 108 valence electrons. The van der Waals surface area contributed by atoms with E-state index in [1.807, 2.05) is 24.3 Å². The summed E-state index contributed by atoms with van der Waals surface area (Å²) >= 11 is 0. The molecule has 0 fully saturated rings. The first-order chi connectivity index (χ1) is 10.7. The average Bonchev–Trinajstić information content (AvgIpc) is 2.53. The molecule has 1 heteroatoms. The second-order valence-electron chi connectivity index (χ2n) is 6.20. The van der Waals surface area contributed by atoms with Crippen molar-refractivity contribution < 1.29 is 5.11 Å². The van der Waals surface area contributed by atoms with Gasteiger partial charge in [0.05, 0.1) is 0 Å². The molecular formula is C21H18O. The van der Waals surface area contributed by atoms with Gasteiger partial charge in [0.1, 0.15) is 5.75 Å². The van der Waals surface area contributed by atoms with Gasteiger partial charge in [-0.1, -0.05) is 68.4 Å². The highest BCUT2D eigenvalue weighted by Gasteiger charge is 2.12. The summed E-state index contributed by atoms with van der Waals surface area (Å²) in [5.74, 6) is 0.823. The summed E-state index contributed by atoms with van der Waals surface area (Å²) in [5, 5.41) is 17.3. The summed E-state index contributed by atoms with van der Waals surface area (Å²) in [7, 11) is 0. The summed E-state index contributed by atoms with van der Waals surface area (Å²) < 4.78 is 0. The Morgan fingerprint density at radius 3 is 2.23 bits per heavy atom. The Balaban J connectivity index is 2.26. The molecule has 0 saturated carbocycles. The minimum Gasteiger partial charge on any atom is -0.507 e. The number of benzene rings is 4. The first-order valence-corrected chi connectivity index (χ1v) is 7.73. The lowest BCUT2D eigenvalue weighted by molar-refractivity contribution is 0.483. The molecule has 0 radical (unpaired) electrons. The zero-order valence-corrected chi connectivity index (χ0v) is 12.8. The predicted octanol–water partition coefficient (Wildman–Crippen LogP) is 5.98. The molecule has 0 unspecified atom stereocenters. The van der Waals surface area contributed by atoms with Crippen LogP contribution < -0.4 is 0 Å². The molecule has 0 spiro atoms. The molecule has 0 atom stereocenters. The molecule has 0 aliphatic rings. The second kappa shape index (κ2) is 4.74. The minimum atomic E-state index is 0.361. The zero-order valence-electron chi connectivity index (χ0n) is 12.8. The van der Waals surface area contributed by atoms with E-state index < -0.39 is 0 Å². The summed E-state index contributed by atoms with van der Waals surface area (Å²) in [5.41, 5.74) is 1.33. The maximum absolute atomic E-state index is 10.6. The first kappa shape index (κ1) is 13.1. The number of rotatable bonds is 1. The molecule has 4 aromatic rings. The van der Waals surface area contributed by atoms with Gasteiger partial charge in [0.25, 0.3) is 0 Å². The third-order valence-corrected chi connectivity index (χ3v) is 4.52. The number of phenolic OH excluding ortho intramolecular Hbond substituents is 1. The van der Waals surface area contributed by atoms with E-state index in [1.165, 1.54) is 16.3 Å². The smallest absolute Gasteiger partial charge is 0.124 e. The van der Waals surface area contributed by atoms with Crippen LogP contribution in [0.2, 0.25) is 0 Å². The third-order valence-electron chi connectivity index (χ3n) is 4.52. The van der Waals surface area contributed by atoms with E-state index in [1.54, 1.807) is 0 Å². The Hall–Kier alpha value is -2.54. The number of phenols is 1. The molecule has 0 aromatic heterocycles. The molecule has 0 aliphatic heterocycles. The largest absolute Gasteiger partial charge is 0.507 e. The van der Waals surface area contributed by atoms with Gasteiger partial charge in [-0.25, -0.2) is 0 Å². The van der Waals surface area contributed by atoms with E-state index in [4.69, 9.17) is 0 Å². The van der Waals surface area contributed by atoms with Gasteiger partial charge in [-0.15, -0.1) is 0 Å². The van der Waals surface area contributed by atoms with Gasteiger partial charge < -0.3 is 5.11 Å². The van der Waals surface area contributed by atoms with Crippen molar-refractivity contribution in [3.63, 3.8) is 0 Å². The summed E-state index contributed by atoms with van der Waals surface area (Å²) in [6, 6.07) is 20.8. The Morgan fingerprint density at radius 1 is 0.727 bits per heavy atom. The highest BCUT2D eigenvalue weighted by atomic mass is 16.3. The van der Waals surface area contributed by atoms with Crippen molar-refractivity contribution in [3.8, 4) is 5.75 Å². The van der Waals surface area contributed by atoms with Gasteiger partial charge >= 0.3 is 0 Å². The van der Waals surface area contributed by atoms with Gasteiger partial charge in [-0.3, -0.25) is 0 Å². The van der Waals surface area contributed by atoms with Crippen molar-refractivity contribution in [2.45, 2.75) is 19.8 Å². The highest BCUT2D eigenvalue weighted by molar-refractivity contribution is 6.20. The van der Waals surface area contributed by atoms with Crippen LogP contribution in [0, 0.1) is 0 Å². The normalized spacial score (nSPS) is 11.8. The van der Waals surface area contributed by atoms with Crippen LogP contribution >= 0.6 is 0 Å². The van der Waals surface area contributed by atoms with E-state index in [0.717, 1.165) is 21.5 Å². The third kappa shape index (κ3) is 1.79. The molecule has 0 saturated heterocycles. The van der Waals surface area contributed by atoms with Crippen molar-refractivity contribution in [2.75, 3.05) is 0 Å². The predicted molar refractivity (Wildman–Crippen MR) is 94.7 cm³/mol.